The molecule has 0 bridgehead atoms. The van der Waals surface area contributed by atoms with Crippen molar-refractivity contribution in [2.75, 3.05) is 0 Å². The van der Waals surface area contributed by atoms with Crippen LogP contribution in [-0.4, -0.2) is 15.0 Å². The highest BCUT2D eigenvalue weighted by molar-refractivity contribution is 6.30. The Morgan fingerprint density at radius 3 is 2.44 bits per heavy atom. The van der Waals surface area contributed by atoms with Crippen LogP contribution >= 0.6 is 11.6 Å². The summed E-state index contributed by atoms with van der Waals surface area (Å²) in [5, 5.41) is 8.62. The Morgan fingerprint density at radius 1 is 1.19 bits per heavy atom. The van der Waals surface area contributed by atoms with Gasteiger partial charge in [0.05, 0.1) is 5.69 Å². The van der Waals surface area contributed by atoms with Gasteiger partial charge in [-0.15, -0.1) is 5.10 Å². The van der Waals surface area contributed by atoms with Crippen LogP contribution < -0.4 is 0 Å². The average Bonchev–Trinajstić information content (AvgIpc) is 2.54. The first kappa shape index (κ1) is 13.5. The summed E-state index contributed by atoms with van der Waals surface area (Å²) in [6.45, 7) is 9.56. The second-order valence-electron chi connectivity index (χ2n) is 5.26. The predicted molar refractivity (Wildman–Crippen MR) is 67.9 cm³/mol. The minimum atomic E-state index is 0.00530. The number of unbranched alkanes of at least 4 members (excludes halogenated alkanes) is 3. The van der Waals surface area contributed by atoms with E-state index in [9.17, 15) is 0 Å². The van der Waals surface area contributed by atoms with Crippen molar-refractivity contribution in [2.45, 2.75) is 65.3 Å². The molecule has 3 nitrogen and oxygen atoms in total. The minimum absolute atomic E-state index is 0.00530. The summed E-state index contributed by atoms with van der Waals surface area (Å²) in [6, 6.07) is 0. The molecule has 0 fully saturated rings. The predicted octanol–water partition coefficient (Wildman–Crippen LogP) is 3.81. The van der Waals surface area contributed by atoms with E-state index in [1.807, 2.05) is 4.68 Å². The standard InChI is InChI=1S/C12H22ClN3/c1-5-6-7-8-9-16-10(12(2,3)4)11(13)14-15-16/h5-9H2,1-4H3. The minimum Gasteiger partial charge on any atom is -0.247 e. The topological polar surface area (TPSA) is 30.7 Å². The highest BCUT2D eigenvalue weighted by Crippen LogP contribution is 2.27. The zero-order valence-corrected chi connectivity index (χ0v) is 11.5. The van der Waals surface area contributed by atoms with Gasteiger partial charge in [-0.3, -0.25) is 0 Å². The molecule has 0 spiro atoms. The third kappa shape index (κ3) is 3.48. The van der Waals surface area contributed by atoms with Gasteiger partial charge in [-0.05, 0) is 6.42 Å². The number of hydrogen-bond donors (Lipinski definition) is 0. The van der Waals surface area contributed by atoms with Gasteiger partial charge in [-0.1, -0.05) is 63.8 Å². The molecule has 0 aliphatic heterocycles. The summed E-state index contributed by atoms with van der Waals surface area (Å²) >= 11 is 6.08. The normalized spacial score (nSPS) is 12.1. The molecule has 0 radical (unpaired) electrons. The van der Waals surface area contributed by atoms with Crippen molar-refractivity contribution in [1.82, 2.24) is 15.0 Å². The Hall–Kier alpha value is -0.570. The summed E-state index contributed by atoms with van der Waals surface area (Å²) in [4.78, 5) is 0. The van der Waals surface area contributed by atoms with Gasteiger partial charge in [-0.25, -0.2) is 4.68 Å². The number of aryl methyl sites for hydroxylation is 1. The Balaban J connectivity index is 2.66. The summed E-state index contributed by atoms with van der Waals surface area (Å²) in [7, 11) is 0. The lowest BCUT2D eigenvalue weighted by Crippen LogP contribution is -2.19. The van der Waals surface area contributed by atoms with Gasteiger partial charge in [0.15, 0.2) is 5.15 Å². The van der Waals surface area contributed by atoms with Crippen LogP contribution in [0.5, 0.6) is 0 Å². The van der Waals surface area contributed by atoms with Crippen molar-refractivity contribution in [3.63, 3.8) is 0 Å². The smallest absolute Gasteiger partial charge is 0.175 e. The van der Waals surface area contributed by atoms with E-state index in [-0.39, 0.29) is 5.41 Å². The maximum Gasteiger partial charge on any atom is 0.175 e. The molecular formula is C12H22ClN3. The molecule has 92 valence electrons. The fourth-order valence-corrected chi connectivity index (χ4v) is 2.25. The molecular weight excluding hydrogens is 222 g/mol. The molecule has 0 saturated heterocycles. The molecule has 1 aromatic rings. The van der Waals surface area contributed by atoms with Gasteiger partial charge in [0, 0.05) is 12.0 Å². The second kappa shape index (κ2) is 5.67. The van der Waals surface area contributed by atoms with E-state index < -0.39 is 0 Å². The Bertz CT molecular complexity index is 325. The maximum absolute atomic E-state index is 6.08. The molecule has 4 heteroatoms. The molecule has 0 N–H and O–H groups in total. The largest absolute Gasteiger partial charge is 0.247 e. The lowest BCUT2D eigenvalue weighted by Gasteiger charge is -2.19. The maximum atomic E-state index is 6.08. The van der Waals surface area contributed by atoms with Crippen molar-refractivity contribution in [1.29, 1.82) is 0 Å². The fourth-order valence-electron chi connectivity index (χ4n) is 1.83. The van der Waals surface area contributed by atoms with Crippen LogP contribution in [0.1, 0.15) is 59.1 Å². The first-order chi connectivity index (χ1) is 7.46. The number of aromatic nitrogens is 3. The van der Waals surface area contributed by atoms with Gasteiger partial charge < -0.3 is 0 Å². The van der Waals surface area contributed by atoms with E-state index in [0.29, 0.717) is 5.15 Å². The third-order valence-electron chi connectivity index (χ3n) is 2.63. The van der Waals surface area contributed by atoms with E-state index in [2.05, 4.69) is 38.0 Å². The molecule has 0 aliphatic rings. The molecule has 16 heavy (non-hydrogen) atoms. The number of nitrogens with zero attached hydrogens (tertiary/aromatic N) is 3. The summed E-state index contributed by atoms with van der Waals surface area (Å²) in [5.74, 6) is 0. The van der Waals surface area contributed by atoms with Crippen LogP contribution in [0.15, 0.2) is 0 Å². The molecule has 0 saturated carbocycles. The molecule has 1 aromatic heterocycles. The van der Waals surface area contributed by atoms with Crippen molar-refractivity contribution in [3.05, 3.63) is 10.8 Å². The van der Waals surface area contributed by atoms with Crippen LogP contribution in [-0.2, 0) is 12.0 Å². The molecule has 0 unspecified atom stereocenters. The van der Waals surface area contributed by atoms with E-state index in [0.717, 1.165) is 18.7 Å². The van der Waals surface area contributed by atoms with Crippen LogP contribution in [0, 0.1) is 0 Å². The lowest BCUT2D eigenvalue weighted by atomic mass is 9.92. The first-order valence-corrected chi connectivity index (χ1v) is 6.44. The van der Waals surface area contributed by atoms with Gasteiger partial charge in [-0.2, -0.15) is 0 Å². The quantitative estimate of drug-likeness (QED) is 0.737. The van der Waals surface area contributed by atoms with Crippen molar-refractivity contribution >= 4 is 11.6 Å². The molecule has 1 rings (SSSR count). The fraction of sp³-hybridized carbons (Fsp3) is 0.833. The van der Waals surface area contributed by atoms with Crippen LogP contribution in [0.4, 0.5) is 0 Å². The number of halogens is 1. The van der Waals surface area contributed by atoms with Gasteiger partial charge >= 0.3 is 0 Å². The summed E-state index contributed by atoms with van der Waals surface area (Å²) in [5.41, 5.74) is 1.05. The number of rotatable bonds is 5. The highest BCUT2D eigenvalue weighted by atomic mass is 35.5. The molecule has 0 aliphatic carbocycles. The summed E-state index contributed by atoms with van der Waals surface area (Å²) < 4.78 is 1.96. The number of hydrogen-bond acceptors (Lipinski definition) is 2. The highest BCUT2D eigenvalue weighted by Gasteiger charge is 2.24. The van der Waals surface area contributed by atoms with Gasteiger partial charge in [0.1, 0.15) is 0 Å². The van der Waals surface area contributed by atoms with E-state index in [1.165, 1.54) is 19.3 Å². The van der Waals surface area contributed by atoms with Gasteiger partial charge in [0.2, 0.25) is 0 Å². The summed E-state index contributed by atoms with van der Waals surface area (Å²) in [6.07, 6.45) is 4.94. The van der Waals surface area contributed by atoms with Crippen molar-refractivity contribution in [2.24, 2.45) is 0 Å². The second-order valence-corrected chi connectivity index (χ2v) is 5.62. The SMILES string of the molecule is CCCCCCn1nnc(Cl)c1C(C)(C)C. The van der Waals surface area contributed by atoms with Gasteiger partial charge in [0.25, 0.3) is 0 Å². The van der Waals surface area contributed by atoms with E-state index in [1.54, 1.807) is 0 Å². The third-order valence-corrected chi connectivity index (χ3v) is 2.88. The Kier molecular flexibility index (Phi) is 4.78. The van der Waals surface area contributed by atoms with Crippen LogP contribution in [0.3, 0.4) is 0 Å². The first-order valence-electron chi connectivity index (χ1n) is 6.06. The molecule has 0 amide bonds. The Morgan fingerprint density at radius 2 is 1.88 bits per heavy atom. The molecule has 1 heterocycles. The van der Waals surface area contributed by atoms with Crippen molar-refractivity contribution in [3.8, 4) is 0 Å². The monoisotopic (exact) mass is 243 g/mol. The molecule has 0 aromatic carbocycles. The molecule has 0 atom stereocenters. The van der Waals surface area contributed by atoms with E-state index in [4.69, 9.17) is 11.6 Å². The van der Waals surface area contributed by atoms with Crippen LogP contribution in [0.2, 0.25) is 5.15 Å². The zero-order chi connectivity index (χ0) is 12.2. The van der Waals surface area contributed by atoms with E-state index >= 15 is 0 Å². The lowest BCUT2D eigenvalue weighted by molar-refractivity contribution is 0.459. The average molecular weight is 244 g/mol. The van der Waals surface area contributed by atoms with Crippen molar-refractivity contribution < 1.29 is 0 Å². The Labute approximate surface area is 103 Å². The zero-order valence-electron chi connectivity index (χ0n) is 10.8. The van der Waals surface area contributed by atoms with Crippen LogP contribution in [0.25, 0.3) is 0 Å².